The quantitative estimate of drug-likeness (QED) is 0.542. The van der Waals surface area contributed by atoms with E-state index in [1.807, 2.05) is 24.3 Å². The minimum atomic E-state index is -0.714. The topological polar surface area (TPSA) is 109 Å². The number of benzene rings is 1. The van der Waals surface area contributed by atoms with Crippen LogP contribution in [0.15, 0.2) is 47.1 Å². The van der Waals surface area contributed by atoms with Gasteiger partial charge in [-0.1, -0.05) is 12.1 Å². The Labute approximate surface area is 179 Å². The minimum Gasteiger partial charge on any atom is -0.467 e. The second kappa shape index (κ2) is 8.63. The van der Waals surface area contributed by atoms with Crippen LogP contribution in [-0.2, 0) is 22.7 Å². The molecule has 9 heteroatoms. The molecule has 31 heavy (non-hydrogen) atoms. The predicted molar refractivity (Wildman–Crippen MR) is 113 cm³/mol. The van der Waals surface area contributed by atoms with E-state index in [-0.39, 0.29) is 37.2 Å². The third-order valence-corrected chi connectivity index (χ3v) is 5.29. The van der Waals surface area contributed by atoms with E-state index in [4.69, 9.17) is 4.42 Å². The number of nitrogens with zero attached hydrogens (tertiary/aromatic N) is 3. The van der Waals surface area contributed by atoms with Crippen molar-refractivity contribution in [2.24, 2.45) is 0 Å². The number of hydrogen-bond donors (Lipinski definition) is 2. The summed E-state index contributed by atoms with van der Waals surface area (Å²) in [7, 11) is 0. The number of imide groups is 1. The highest BCUT2D eigenvalue weighted by molar-refractivity contribution is 6.04. The molecule has 0 radical (unpaired) electrons. The average molecular weight is 423 g/mol. The number of nitrogens with one attached hydrogen (secondary N) is 2. The largest absolute Gasteiger partial charge is 0.467 e. The van der Waals surface area contributed by atoms with E-state index in [1.54, 1.807) is 12.1 Å². The van der Waals surface area contributed by atoms with Gasteiger partial charge in [0.1, 0.15) is 17.6 Å². The molecule has 1 aliphatic heterocycles. The molecule has 0 spiro atoms. The third kappa shape index (κ3) is 4.30. The average Bonchev–Trinajstić information content (AvgIpc) is 3.45. The molecule has 2 N–H and O–H groups in total. The lowest BCUT2D eigenvalue weighted by molar-refractivity contribution is -0.128. The first-order valence-electron chi connectivity index (χ1n) is 10.3. The van der Waals surface area contributed by atoms with Gasteiger partial charge in [0.05, 0.1) is 30.4 Å². The summed E-state index contributed by atoms with van der Waals surface area (Å²) in [6.07, 6.45) is 1.84. The van der Waals surface area contributed by atoms with Crippen molar-refractivity contribution in [3.63, 3.8) is 0 Å². The number of fused-ring (bicyclic) bond motifs is 1. The maximum atomic E-state index is 12.5. The van der Waals surface area contributed by atoms with Gasteiger partial charge in [-0.2, -0.15) is 0 Å². The van der Waals surface area contributed by atoms with Gasteiger partial charge in [-0.05, 0) is 44.5 Å². The van der Waals surface area contributed by atoms with Crippen LogP contribution in [0.5, 0.6) is 0 Å². The van der Waals surface area contributed by atoms with Gasteiger partial charge < -0.3 is 19.6 Å². The molecule has 0 saturated carbocycles. The van der Waals surface area contributed by atoms with Gasteiger partial charge in [0, 0.05) is 12.5 Å². The first kappa shape index (κ1) is 20.6. The van der Waals surface area contributed by atoms with E-state index in [0.717, 1.165) is 21.8 Å². The molecule has 1 aromatic carbocycles. The smallest absolute Gasteiger partial charge is 0.325 e. The van der Waals surface area contributed by atoms with Crippen molar-refractivity contribution in [2.45, 2.75) is 51.9 Å². The summed E-state index contributed by atoms with van der Waals surface area (Å²) < 4.78 is 7.30. The zero-order valence-electron chi connectivity index (χ0n) is 17.5. The van der Waals surface area contributed by atoms with Crippen molar-refractivity contribution in [2.75, 3.05) is 0 Å². The highest BCUT2D eigenvalue weighted by Crippen LogP contribution is 2.21. The summed E-state index contributed by atoms with van der Waals surface area (Å²) >= 11 is 0. The standard InChI is InChI=1S/C22H25N5O4/c1-14(2)27-18-8-4-3-7-16(18)24-19(27)12-23-20(28)10-9-17-21(29)26(22(30)25-17)13-15-6-5-11-31-15/h3-8,11,14,17H,9-10,12-13H2,1-2H3,(H,23,28)(H,25,30)/t17-/m1/s1. The molecular formula is C22H25N5O4. The summed E-state index contributed by atoms with van der Waals surface area (Å²) in [5, 5.41) is 5.51. The fourth-order valence-corrected chi connectivity index (χ4v) is 3.82. The minimum absolute atomic E-state index is 0.0752. The molecule has 0 unspecified atom stereocenters. The molecule has 2 aromatic heterocycles. The van der Waals surface area contributed by atoms with Crippen molar-refractivity contribution in [1.82, 2.24) is 25.1 Å². The van der Waals surface area contributed by atoms with Crippen LogP contribution < -0.4 is 10.6 Å². The molecule has 4 amide bonds. The lowest BCUT2D eigenvalue weighted by Crippen LogP contribution is -2.32. The van der Waals surface area contributed by atoms with Crippen LogP contribution in [0, 0.1) is 0 Å². The number of amides is 4. The lowest BCUT2D eigenvalue weighted by Gasteiger charge is -2.14. The zero-order chi connectivity index (χ0) is 22.0. The summed E-state index contributed by atoms with van der Waals surface area (Å²) in [5.74, 6) is 0.749. The number of para-hydroxylation sites is 2. The van der Waals surface area contributed by atoms with Crippen LogP contribution in [0.3, 0.4) is 0 Å². The van der Waals surface area contributed by atoms with Gasteiger partial charge in [0.15, 0.2) is 0 Å². The van der Waals surface area contributed by atoms with Gasteiger partial charge in [-0.15, -0.1) is 0 Å². The highest BCUT2D eigenvalue weighted by Gasteiger charge is 2.38. The Kier molecular flexibility index (Phi) is 5.75. The number of carbonyl (C=O) groups is 3. The van der Waals surface area contributed by atoms with Gasteiger partial charge in [-0.3, -0.25) is 14.5 Å². The number of urea groups is 1. The number of furan rings is 1. The van der Waals surface area contributed by atoms with Crippen molar-refractivity contribution in [3.8, 4) is 0 Å². The molecule has 162 valence electrons. The van der Waals surface area contributed by atoms with Gasteiger partial charge in [-0.25, -0.2) is 9.78 Å². The molecule has 4 rings (SSSR count). The number of hydrogen-bond acceptors (Lipinski definition) is 5. The number of aromatic nitrogens is 2. The molecule has 9 nitrogen and oxygen atoms in total. The third-order valence-electron chi connectivity index (χ3n) is 5.29. The molecule has 3 aromatic rings. The molecule has 0 aliphatic carbocycles. The van der Waals surface area contributed by atoms with Gasteiger partial charge >= 0.3 is 6.03 Å². The van der Waals surface area contributed by atoms with Crippen LogP contribution in [0.4, 0.5) is 4.79 Å². The Morgan fingerprint density at radius 3 is 2.77 bits per heavy atom. The molecule has 0 bridgehead atoms. The first-order chi connectivity index (χ1) is 14.9. The Hall–Kier alpha value is -3.62. The predicted octanol–water partition coefficient (Wildman–Crippen LogP) is 2.73. The van der Waals surface area contributed by atoms with Crippen LogP contribution >= 0.6 is 0 Å². The fraction of sp³-hybridized carbons (Fsp3) is 0.364. The summed E-state index contributed by atoms with van der Waals surface area (Å²) in [4.78, 5) is 42.7. The van der Waals surface area contributed by atoms with Crippen LogP contribution in [0.2, 0.25) is 0 Å². The molecule has 1 atom stereocenters. The number of rotatable bonds is 8. The molecule has 3 heterocycles. The van der Waals surface area contributed by atoms with Gasteiger partial charge in [0.25, 0.3) is 5.91 Å². The number of imidazole rings is 1. The van der Waals surface area contributed by atoms with Crippen LogP contribution in [0.1, 0.15) is 44.3 Å². The van der Waals surface area contributed by atoms with E-state index in [0.29, 0.717) is 12.3 Å². The van der Waals surface area contributed by atoms with E-state index in [1.165, 1.54) is 6.26 Å². The van der Waals surface area contributed by atoms with Gasteiger partial charge in [0.2, 0.25) is 5.91 Å². The second-order valence-corrected chi connectivity index (χ2v) is 7.80. The second-order valence-electron chi connectivity index (χ2n) is 7.80. The maximum absolute atomic E-state index is 12.5. The van der Waals surface area contributed by atoms with E-state index < -0.39 is 12.1 Å². The summed E-state index contributed by atoms with van der Waals surface area (Å²) in [5.41, 5.74) is 1.91. The van der Waals surface area contributed by atoms with Crippen molar-refractivity contribution in [1.29, 1.82) is 0 Å². The Morgan fingerprint density at radius 2 is 2.03 bits per heavy atom. The van der Waals surface area contributed by atoms with Crippen LogP contribution in [-0.4, -0.2) is 38.3 Å². The molecular weight excluding hydrogens is 398 g/mol. The normalized spacial score (nSPS) is 16.4. The van der Waals surface area contributed by atoms with Crippen molar-refractivity contribution >= 4 is 28.9 Å². The Bertz CT molecular complexity index is 1100. The lowest BCUT2D eigenvalue weighted by atomic mass is 10.1. The molecule has 1 saturated heterocycles. The van der Waals surface area contributed by atoms with Crippen LogP contribution in [0.25, 0.3) is 11.0 Å². The maximum Gasteiger partial charge on any atom is 0.325 e. The van der Waals surface area contributed by atoms with E-state index >= 15 is 0 Å². The molecule has 1 aliphatic rings. The summed E-state index contributed by atoms with van der Waals surface area (Å²) in [6.45, 7) is 4.51. The van der Waals surface area contributed by atoms with E-state index in [2.05, 4.69) is 34.0 Å². The van der Waals surface area contributed by atoms with Crippen molar-refractivity contribution < 1.29 is 18.8 Å². The van der Waals surface area contributed by atoms with E-state index in [9.17, 15) is 14.4 Å². The first-order valence-corrected chi connectivity index (χ1v) is 10.3. The zero-order valence-corrected chi connectivity index (χ0v) is 17.5. The van der Waals surface area contributed by atoms with Crippen molar-refractivity contribution in [3.05, 3.63) is 54.2 Å². The Balaban J connectivity index is 1.32. The highest BCUT2D eigenvalue weighted by atomic mass is 16.3. The number of carbonyl (C=O) groups excluding carboxylic acids is 3. The SMILES string of the molecule is CC(C)n1c(CNC(=O)CC[C@H]2NC(=O)N(Cc3ccco3)C2=O)nc2ccccc21. The summed E-state index contributed by atoms with van der Waals surface area (Å²) in [6, 6.07) is 10.3. The fourth-order valence-electron chi connectivity index (χ4n) is 3.82. The monoisotopic (exact) mass is 423 g/mol. The Morgan fingerprint density at radius 1 is 1.23 bits per heavy atom. The molecule has 1 fully saturated rings.